The average molecular weight is 327 g/mol. The number of nitrogens with zero attached hydrogens (tertiary/aromatic N) is 1. The van der Waals surface area contributed by atoms with Gasteiger partial charge in [0.25, 0.3) is 0 Å². The summed E-state index contributed by atoms with van der Waals surface area (Å²) in [6.45, 7) is 0.153. The second-order valence-electron chi connectivity index (χ2n) is 5.28. The molecule has 0 bridgehead atoms. The van der Waals surface area contributed by atoms with Crippen molar-refractivity contribution < 1.29 is 13.2 Å². The van der Waals surface area contributed by atoms with Crippen LogP contribution in [0.3, 0.4) is 0 Å². The summed E-state index contributed by atoms with van der Waals surface area (Å²) in [5.41, 5.74) is 0.886. The number of hydrogen-bond donors (Lipinski definition) is 1. The van der Waals surface area contributed by atoms with Crippen molar-refractivity contribution in [2.75, 3.05) is 11.5 Å². The summed E-state index contributed by atoms with van der Waals surface area (Å²) in [6.07, 6.45) is 2.30. The molecule has 1 fully saturated rings. The van der Waals surface area contributed by atoms with E-state index in [2.05, 4.69) is 5.32 Å². The van der Waals surface area contributed by atoms with E-state index in [1.165, 1.54) is 0 Å². The first-order chi connectivity index (χ1) is 9.94. The lowest BCUT2D eigenvalue weighted by molar-refractivity contribution is -0.122. The van der Waals surface area contributed by atoms with Gasteiger partial charge in [0.05, 0.1) is 11.5 Å². The molecule has 1 aliphatic heterocycles. The fourth-order valence-electron chi connectivity index (χ4n) is 2.66. The van der Waals surface area contributed by atoms with E-state index >= 15 is 0 Å². The van der Waals surface area contributed by atoms with E-state index in [1.54, 1.807) is 10.6 Å². The van der Waals surface area contributed by atoms with Crippen LogP contribution in [-0.4, -0.2) is 36.4 Å². The van der Waals surface area contributed by atoms with Crippen molar-refractivity contribution >= 4 is 38.2 Å². The molecule has 0 aliphatic carbocycles. The molecule has 1 saturated heterocycles. The Kier molecular flexibility index (Phi) is 3.67. The van der Waals surface area contributed by atoms with Gasteiger partial charge in [0.1, 0.15) is 6.54 Å². The number of halogens is 1. The lowest BCUT2D eigenvalue weighted by Gasteiger charge is -2.12. The highest BCUT2D eigenvalue weighted by atomic mass is 35.5. The molecule has 0 spiro atoms. The Morgan fingerprint density at radius 1 is 1.38 bits per heavy atom. The van der Waals surface area contributed by atoms with Gasteiger partial charge < -0.3 is 9.88 Å². The SMILES string of the molecule is O=C(Cn1ccc2c(Cl)cccc21)N[C@H]1CCS(=O)(=O)C1. The highest BCUT2D eigenvalue weighted by molar-refractivity contribution is 7.91. The van der Waals surface area contributed by atoms with E-state index in [9.17, 15) is 13.2 Å². The zero-order valence-corrected chi connectivity index (χ0v) is 12.8. The van der Waals surface area contributed by atoms with E-state index in [1.807, 2.05) is 24.4 Å². The van der Waals surface area contributed by atoms with Crippen LogP contribution < -0.4 is 5.32 Å². The Labute approximate surface area is 127 Å². The van der Waals surface area contributed by atoms with Crippen molar-refractivity contribution in [1.82, 2.24) is 9.88 Å². The molecule has 1 aromatic carbocycles. The maximum absolute atomic E-state index is 12.0. The minimum absolute atomic E-state index is 0.0387. The number of hydrogen-bond acceptors (Lipinski definition) is 3. The lowest BCUT2D eigenvalue weighted by atomic mass is 10.2. The molecule has 0 unspecified atom stereocenters. The topological polar surface area (TPSA) is 68.2 Å². The number of rotatable bonds is 3. The van der Waals surface area contributed by atoms with E-state index in [-0.39, 0.29) is 30.0 Å². The molecule has 2 heterocycles. The first-order valence-corrected chi connectivity index (χ1v) is 8.88. The van der Waals surface area contributed by atoms with E-state index < -0.39 is 9.84 Å². The summed E-state index contributed by atoms with van der Waals surface area (Å²) in [7, 11) is -2.98. The fourth-order valence-corrected chi connectivity index (χ4v) is 4.57. The van der Waals surface area contributed by atoms with Gasteiger partial charge >= 0.3 is 0 Å². The Hall–Kier alpha value is -1.53. The van der Waals surface area contributed by atoms with Crippen molar-refractivity contribution in [3.05, 3.63) is 35.5 Å². The summed E-state index contributed by atoms with van der Waals surface area (Å²) < 4.78 is 24.6. The first-order valence-electron chi connectivity index (χ1n) is 6.68. The zero-order chi connectivity index (χ0) is 15.0. The highest BCUT2D eigenvalue weighted by Crippen LogP contribution is 2.24. The van der Waals surface area contributed by atoms with Crippen LogP contribution in [0.2, 0.25) is 5.02 Å². The van der Waals surface area contributed by atoms with Crippen LogP contribution in [-0.2, 0) is 21.2 Å². The Bertz CT molecular complexity index is 798. The molecule has 5 nitrogen and oxygen atoms in total. The quantitative estimate of drug-likeness (QED) is 0.931. The summed E-state index contributed by atoms with van der Waals surface area (Å²) in [5.74, 6) is 0.00589. The van der Waals surface area contributed by atoms with E-state index in [4.69, 9.17) is 11.6 Å². The van der Waals surface area contributed by atoms with E-state index in [0.29, 0.717) is 11.4 Å². The van der Waals surface area contributed by atoms with Gasteiger partial charge in [0.15, 0.2) is 9.84 Å². The van der Waals surface area contributed by atoms with Crippen molar-refractivity contribution in [3.8, 4) is 0 Å². The van der Waals surface area contributed by atoms with Crippen molar-refractivity contribution in [1.29, 1.82) is 0 Å². The molecule has 0 saturated carbocycles. The predicted molar refractivity (Wildman–Crippen MR) is 82.1 cm³/mol. The molecular weight excluding hydrogens is 312 g/mol. The van der Waals surface area contributed by atoms with Crippen LogP contribution in [0.25, 0.3) is 10.9 Å². The van der Waals surface area contributed by atoms with Gasteiger partial charge in [-0.2, -0.15) is 0 Å². The number of amides is 1. The third-order valence-corrected chi connectivity index (χ3v) is 5.77. The van der Waals surface area contributed by atoms with Gasteiger partial charge in [-0.15, -0.1) is 0 Å². The standard InChI is InChI=1S/C14H15ClN2O3S/c15-12-2-1-3-13-11(12)4-6-17(13)8-14(18)16-10-5-7-21(19,20)9-10/h1-4,6,10H,5,7-9H2,(H,16,18)/t10-/m0/s1. The second-order valence-corrected chi connectivity index (χ2v) is 7.92. The summed E-state index contributed by atoms with van der Waals surface area (Å²) in [4.78, 5) is 12.0. The van der Waals surface area contributed by atoms with Crippen molar-refractivity contribution in [2.24, 2.45) is 0 Å². The predicted octanol–water partition coefficient (Wildman–Crippen LogP) is 1.60. The molecule has 21 heavy (non-hydrogen) atoms. The van der Waals surface area contributed by atoms with Gasteiger partial charge in [-0.3, -0.25) is 4.79 Å². The van der Waals surface area contributed by atoms with Gasteiger partial charge in [-0.25, -0.2) is 8.42 Å². The Morgan fingerprint density at radius 2 is 2.19 bits per heavy atom. The molecule has 0 radical (unpaired) electrons. The molecule has 1 amide bonds. The third kappa shape index (κ3) is 3.06. The number of sulfone groups is 1. The number of carbonyl (C=O) groups excluding carboxylic acids is 1. The molecule has 7 heteroatoms. The molecule has 112 valence electrons. The van der Waals surface area contributed by atoms with Gasteiger partial charge in [0.2, 0.25) is 5.91 Å². The second kappa shape index (κ2) is 5.35. The lowest BCUT2D eigenvalue weighted by Crippen LogP contribution is -2.37. The Morgan fingerprint density at radius 3 is 2.90 bits per heavy atom. The summed E-state index contributed by atoms with van der Waals surface area (Å²) in [6, 6.07) is 7.13. The monoisotopic (exact) mass is 326 g/mol. The minimum Gasteiger partial charge on any atom is -0.351 e. The molecule has 1 aromatic heterocycles. The smallest absolute Gasteiger partial charge is 0.240 e. The van der Waals surface area contributed by atoms with E-state index in [0.717, 1.165) is 10.9 Å². The molecule has 3 rings (SSSR count). The van der Waals surface area contributed by atoms with Crippen LogP contribution in [0.4, 0.5) is 0 Å². The highest BCUT2D eigenvalue weighted by Gasteiger charge is 2.28. The average Bonchev–Trinajstić information content (AvgIpc) is 2.95. The van der Waals surface area contributed by atoms with Crippen LogP contribution in [0.1, 0.15) is 6.42 Å². The minimum atomic E-state index is -2.98. The number of fused-ring (bicyclic) bond motifs is 1. The first kappa shape index (κ1) is 14.4. The normalized spacial score (nSPS) is 20.7. The van der Waals surface area contributed by atoms with Crippen LogP contribution in [0, 0.1) is 0 Å². The van der Waals surface area contributed by atoms with Crippen LogP contribution >= 0.6 is 11.6 Å². The maximum Gasteiger partial charge on any atom is 0.240 e. The largest absolute Gasteiger partial charge is 0.351 e. The van der Waals surface area contributed by atoms with Gasteiger partial charge in [0, 0.05) is 28.2 Å². The van der Waals surface area contributed by atoms with Gasteiger partial charge in [-0.1, -0.05) is 17.7 Å². The van der Waals surface area contributed by atoms with Crippen LogP contribution in [0.15, 0.2) is 30.5 Å². The molecular formula is C14H15ClN2O3S. The van der Waals surface area contributed by atoms with Gasteiger partial charge in [-0.05, 0) is 24.6 Å². The third-order valence-electron chi connectivity index (χ3n) is 3.67. The molecule has 1 aliphatic rings. The van der Waals surface area contributed by atoms with Crippen LogP contribution in [0.5, 0.6) is 0 Å². The summed E-state index contributed by atoms with van der Waals surface area (Å²) >= 11 is 6.10. The van der Waals surface area contributed by atoms with Crippen molar-refractivity contribution in [2.45, 2.75) is 19.0 Å². The number of nitrogens with one attached hydrogen (secondary N) is 1. The number of benzene rings is 1. The number of aromatic nitrogens is 1. The van der Waals surface area contributed by atoms with Crippen molar-refractivity contribution in [3.63, 3.8) is 0 Å². The maximum atomic E-state index is 12.0. The molecule has 2 aromatic rings. The fraction of sp³-hybridized carbons (Fsp3) is 0.357. The number of carbonyl (C=O) groups is 1. The zero-order valence-electron chi connectivity index (χ0n) is 11.3. The summed E-state index contributed by atoms with van der Waals surface area (Å²) in [5, 5.41) is 4.33. The molecule has 1 atom stereocenters. The molecule has 1 N–H and O–H groups in total. The Balaban J connectivity index is 1.71.